The standard InChI is InChI=1S/C13H16N2/c1-15(13-3-2-4-13)10-12-7-5-11(9-14)6-8-12/h5-8,13H,2-4,10H2,1H3. The van der Waals surface area contributed by atoms with Crippen molar-refractivity contribution in [3.05, 3.63) is 35.4 Å². The predicted octanol–water partition coefficient (Wildman–Crippen LogP) is 2.54. The first-order valence-electron chi connectivity index (χ1n) is 5.49. The molecule has 0 N–H and O–H groups in total. The molecule has 0 spiro atoms. The third kappa shape index (κ3) is 2.37. The minimum atomic E-state index is 0.741. The quantitative estimate of drug-likeness (QED) is 0.749. The Labute approximate surface area is 91.1 Å². The van der Waals surface area contributed by atoms with E-state index in [1.807, 2.05) is 24.3 Å². The maximum Gasteiger partial charge on any atom is 0.0991 e. The topological polar surface area (TPSA) is 27.0 Å². The van der Waals surface area contributed by atoms with Crippen molar-refractivity contribution < 1.29 is 0 Å². The highest BCUT2D eigenvalue weighted by atomic mass is 15.1. The summed E-state index contributed by atoms with van der Waals surface area (Å²) in [7, 11) is 2.18. The van der Waals surface area contributed by atoms with E-state index < -0.39 is 0 Å². The second-order valence-corrected chi connectivity index (χ2v) is 4.31. The highest BCUT2D eigenvalue weighted by Crippen LogP contribution is 2.24. The summed E-state index contributed by atoms with van der Waals surface area (Å²) in [5.41, 5.74) is 2.04. The average Bonchev–Trinajstić information content (AvgIpc) is 2.16. The van der Waals surface area contributed by atoms with Crippen LogP contribution >= 0.6 is 0 Å². The zero-order valence-corrected chi connectivity index (χ0v) is 9.11. The van der Waals surface area contributed by atoms with Gasteiger partial charge in [-0.15, -0.1) is 0 Å². The fraction of sp³-hybridized carbons (Fsp3) is 0.462. The van der Waals surface area contributed by atoms with Gasteiger partial charge in [0, 0.05) is 12.6 Å². The lowest BCUT2D eigenvalue weighted by Crippen LogP contribution is -2.36. The van der Waals surface area contributed by atoms with Gasteiger partial charge >= 0.3 is 0 Å². The van der Waals surface area contributed by atoms with Gasteiger partial charge in [0.05, 0.1) is 11.6 Å². The molecule has 2 rings (SSSR count). The molecule has 1 aliphatic rings. The van der Waals surface area contributed by atoms with Gasteiger partial charge in [-0.05, 0) is 37.6 Å². The highest BCUT2D eigenvalue weighted by molar-refractivity contribution is 5.31. The summed E-state index contributed by atoms with van der Waals surface area (Å²) < 4.78 is 0. The summed E-state index contributed by atoms with van der Waals surface area (Å²) >= 11 is 0. The minimum Gasteiger partial charge on any atom is -0.299 e. The monoisotopic (exact) mass is 200 g/mol. The zero-order valence-electron chi connectivity index (χ0n) is 9.11. The molecule has 2 heteroatoms. The average molecular weight is 200 g/mol. The fourth-order valence-corrected chi connectivity index (χ4v) is 1.93. The number of rotatable bonds is 3. The predicted molar refractivity (Wildman–Crippen MR) is 60.3 cm³/mol. The van der Waals surface area contributed by atoms with E-state index in [1.54, 1.807) is 0 Å². The van der Waals surface area contributed by atoms with Crippen LogP contribution in [0.1, 0.15) is 30.4 Å². The number of hydrogen-bond donors (Lipinski definition) is 0. The van der Waals surface area contributed by atoms with E-state index in [-0.39, 0.29) is 0 Å². The maximum atomic E-state index is 8.69. The molecule has 1 saturated carbocycles. The number of nitriles is 1. The first-order valence-corrected chi connectivity index (χ1v) is 5.49. The molecule has 0 radical (unpaired) electrons. The van der Waals surface area contributed by atoms with Crippen LogP contribution in [0.3, 0.4) is 0 Å². The molecule has 78 valence electrons. The van der Waals surface area contributed by atoms with E-state index in [4.69, 9.17) is 5.26 Å². The van der Waals surface area contributed by atoms with E-state index >= 15 is 0 Å². The Morgan fingerprint density at radius 2 is 2.00 bits per heavy atom. The molecule has 0 aromatic heterocycles. The Morgan fingerprint density at radius 3 is 2.47 bits per heavy atom. The van der Waals surface area contributed by atoms with Crippen molar-refractivity contribution in [2.75, 3.05) is 7.05 Å². The van der Waals surface area contributed by atoms with Crippen molar-refractivity contribution in [1.82, 2.24) is 4.90 Å². The molecular weight excluding hydrogens is 184 g/mol. The van der Waals surface area contributed by atoms with Gasteiger partial charge in [0.2, 0.25) is 0 Å². The van der Waals surface area contributed by atoms with Crippen LogP contribution in [0.2, 0.25) is 0 Å². The van der Waals surface area contributed by atoms with Gasteiger partial charge in [-0.2, -0.15) is 5.26 Å². The lowest BCUT2D eigenvalue weighted by atomic mass is 9.91. The first-order chi connectivity index (χ1) is 7.29. The summed E-state index contributed by atoms with van der Waals surface area (Å²) in [5.74, 6) is 0. The lowest BCUT2D eigenvalue weighted by Gasteiger charge is -2.34. The second kappa shape index (κ2) is 4.46. The molecule has 1 aromatic rings. The SMILES string of the molecule is CN(Cc1ccc(C#N)cc1)C1CCC1. The molecular formula is C13H16N2. The van der Waals surface area contributed by atoms with E-state index in [0.717, 1.165) is 18.2 Å². The van der Waals surface area contributed by atoms with E-state index in [0.29, 0.717) is 0 Å². The number of benzene rings is 1. The number of hydrogen-bond acceptors (Lipinski definition) is 2. The van der Waals surface area contributed by atoms with Crippen LogP contribution in [0.25, 0.3) is 0 Å². The normalized spacial score (nSPS) is 16.1. The summed E-state index contributed by atoms with van der Waals surface area (Å²) in [6.07, 6.45) is 4.06. The van der Waals surface area contributed by atoms with Gasteiger partial charge in [0.25, 0.3) is 0 Å². The molecule has 1 aromatic carbocycles. The van der Waals surface area contributed by atoms with Crippen molar-refractivity contribution in [2.45, 2.75) is 31.8 Å². The van der Waals surface area contributed by atoms with Crippen molar-refractivity contribution in [1.29, 1.82) is 5.26 Å². The molecule has 0 heterocycles. The van der Waals surface area contributed by atoms with Crippen LogP contribution in [-0.2, 0) is 6.54 Å². The van der Waals surface area contributed by atoms with Crippen molar-refractivity contribution in [3.63, 3.8) is 0 Å². The van der Waals surface area contributed by atoms with Gasteiger partial charge < -0.3 is 0 Å². The van der Waals surface area contributed by atoms with Gasteiger partial charge in [0.15, 0.2) is 0 Å². The van der Waals surface area contributed by atoms with Gasteiger partial charge in [-0.25, -0.2) is 0 Å². The Hall–Kier alpha value is -1.33. The van der Waals surface area contributed by atoms with Gasteiger partial charge in [-0.3, -0.25) is 4.90 Å². The molecule has 0 saturated heterocycles. The van der Waals surface area contributed by atoms with Crippen molar-refractivity contribution >= 4 is 0 Å². The second-order valence-electron chi connectivity index (χ2n) is 4.31. The van der Waals surface area contributed by atoms with E-state index in [2.05, 4.69) is 18.0 Å². The van der Waals surface area contributed by atoms with Crippen LogP contribution in [0, 0.1) is 11.3 Å². The summed E-state index contributed by atoms with van der Waals surface area (Å²) in [6, 6.07) is 10.8. The molecule has 0 unspecified atom stereocenters. The van der Waals surface area contributed by atoms with Crippen LogP contribution in [-0.4, -0.2) is 18.0 Å². The first kappa shape index (κ1) is 10.2. The van der Waals surface area contributed by atoms with E-state index in [9.17, 15) is 0 Å². The highest BCUT2D eigenvalue weighted by Gasteiger charge is 2.21. The Morgan fingerprint density at radius 1 is 1.33 bits per heavy atom. The van der Waals surface area contributed by atoms with Crippen LogP contribution in [0.4, 0.5) is 0 Å². The van der Waals surface area contributed by atoms with Gasteiger partial charge in [0.1, 0.15) is 0 Å². The fourth-order valence-electron chi connectivity index (χ4n) is 1.93. The summed E-state index contributed by atoms with van der Waals surface area (Å²) in [4.78, 5) is 2.41. The Kier molecular flexibility index (Phi) is 3.03. The zero-order chi connectivity index (χ0) is 10.7. The van der Waals surface area contributed by atoms with E-state index in [1.165, 1.54) is 24.8 Å². The molecule has 15 heavy (non-hydrogen) atoms. The molecule has 0 amide bonds. The summed E-state index contributed by atoms with van der Waals surface area (Å²) in [5, 5.41) is 8.69. The van der Waals surface area contributed by atoms with Crippen molar-refractivity contribution in [3.8, 4) is 6.07 Å². The van der Waals surface area contributed by atoms with Crippen LogP contribution in [0.15, 0.2) is 24.3 Å². The Bertz CT molecular complexity index is 357. The largest absolute Gasteiger partial charge is 0.299 e. The molecule has 2 nitrogen and oxygen atoms in total. The van der Waals surface area contributed by atoms with Crippen molar-refractivity contribution in [2.24, 2.45) is 0 Å². The molecule has 0 aliphatic heterocycles. The third-order valence-corrected chi connectivity index (χ3v) is 3.21. The molecule has 0 atom stereocenters. The van der Waals surface area contributed by atoms with Gasteiger partial charge in [-0.1, -0.05) is 18.6 Å². The molecule has 0 bridgehead atoms. The molecule has 1 aliphatic carbocycles. The summed E-state index contributed by atoms with van der Waals surface area (Å²) in [6.45, 7) is 0.996. The lowest BCUT2D eigenvalue weighted by molar-refractivity contribution is 0.152. The number of nitrogens with zero attached hydrogens (tertiary/aromatic N) is 2. The molecule has 1 fully saturated rings. The smallest absolute Gasteiger partial charge is 0.0991 e. The van der Waals surface area contributed by atoms with Crippen LogP contribution < -0.4 is 0 Å². The van der Waals surface area contributed by atoms with Crippen LogP contribution in [0.5, 0.6) is 0 Å². The maximum absolute atomic E-state index is 8.69. The minimum absolute atomic E-state index is 0.741. The third-order valence-electron chi connectivity index (χ3n) is 3.21. The Balaban J connectivity index is 1.95.